The number of hydrogen-bond acceptors (Lipinski definition) is 5. The van der Waals surface area contributed by atoms with Crippen LogP contribution in [0.5, 0.6) is 5.75 Å². The summed E-state index contributed by atoms with van der Waals surface area (Å²) in [5.41, 5.74) is 2.56. The number of nitrogens with one attached hydrogen (secondary N) is 2. The fraction of sp³-hybridized carbons (Fsp3) is 0.273. The molecule has 1 atom stereocenters. The molecule has 3 aromatic rings. The third-order valence-electron chi connectivity index (χ3n) is 4.90. The summed E-state index contributed by atoms with van der Waals surface area (Å²) in [5.74, 6) is -0.915. The predicted octanol–water partition coefficient (Wildman–Crippen LogP) is 3.63. The van der Waals surface area contributed by atoms with Crippen molar-refractivity contribution in [2.24, 2.45) is 0 Å². The zero-order valence-corrected chi connectivity index (χ0v) is 19.2. The van der Waals surface area contributed by atoms with Crippen molar-refractivity contribution in [2.75, 3.05) is 6.54 Å². The van der Waals surface area contributed by atoms with E-state index in [1.807, 2.05) is 37.3 Å². The van der Waals surface area contributed by atoms with Gasteiger partial charge in [0.05, 0.1) is 22.8 Å². The molecule has 3 rings (SSSR count). The number of nitrogens with zero attached hydrogens (tertiary/aromatic N) is 2. The summed E-state index contributed by atoms with van der Waals surface area (Å²) in [6.07, 6.45) is -3.34. The van der Waals surface area contributed by atoms with Crippen LogP contribution < -0.4 is 14.8 Å². The van der Waals surface area contributed by atoms with E-state index in [0.717, 1.165) is 41.2 Å². The molecule has 1 heterocycles. The third-order valence-corrected chi connectivity index (χ3v) is 6.38. The van der Waals surface area contributed by atoms with E-state index in [1.54, 1.807) is 17.8 Å². The molecule has 2 N–H and O–H groups in total. The van der Waals surface area contributed by atoms with Gasteiger partial charge in [-0.25, -0.2) is 17.8 Å². The van der Waals surface area contributed by atoms with E-state index < -0.39 is 22.1 Å². The molecule has 1 unspecified atom stereocenters. The van der Waals surface area contributed by atoms with Crippen molar-refractivity contribution in [3.63, 3.8) is 0 Å². The van der Waals surface area contributed by atoms with Crippen molar-refractivity contribution in [1.29, 1.82) is 0 Å². The molecule has 0 aliphatic heterocycles. The van der Waals surface area contributed by atoms with Gasteiger partial charge in [0.2, 0.25) is 15.9 Å². The summed E-state index contributed by atoms with van der Waals surface area (Å²) in [4.78, 5) is 12.1. The molecule has 0 spiro atoms. The summed E-state index contributed by atoms with van der Waals surface area (Å²) in [5, 5.41) is 7.18. The van der Waals surface area contributed by atoms with E-state index in [0.29, 0.717) is 0 Å². The lowest BCUT2D eigenvalue weighted by Gasteiger charge is -2.14. The normalized spacial score (nSPS) is 12.9. The van der Waals surface area contributed by atoms with Crippen LogP contribution in [0.3, 0.4) is 0 Å². The molecular formula is C22H23F3N4O4S. The molecule has 1 amide bonds. The molecule has 0 aliphatic carbocycles. The van der Waals surface area contributed by atoms with Crippen LogP contribution in [0.25, 0.3) is 5.69 Å². The molecule has 12 heteroatoms. The summed E-state index contributed by atoms with van der Waals surface area (Å²) in [6, 6.07) is 12.9. The van der Waals surface area contributed by atoms with E-state index in [9.17, 15) is 26.4 Å². The number of carbonyl (C=O) groups is 1. The Labute approximate surface area is 194 Å². The van der Waals surface area contributed by atoms with Crippen molar-refractivity contribution in [3.05, 3.63) is 72.1 Å². The number of alkyl halides is 3. The lowest BCUT2D eigenvalue weighted by Crippen LogP contribution is -2.32. The summed E-state index contributed by atoms with van der Waals surface area (Å²) >= 11 is 0. The number of rotatable bonds is 9. The topological polar surface area (TPSA) is 102 Å². The van der Waals surface area contributed by atoms with Crippen LogP contribution in [0.4, 0.5) is 13.2 Å². The van der Waals surface area contributed by atoms with Gasteiger partial charge in [0.15, 0.2) is 0 Å². The van der Waals surface area contributed by atoms with Gasteiger partial charge in [-0.3, -0.25) is 4.79 Å². The van der Waals surface area contributed by atoms with Gasteiger partial charge in [0.1, 0.15) is 5.75 Å². The minimum atomic E-state index is -4.87. The maximum absolute atomic E-state index is 12.3. The fourth-order valence-electron chi connectivity index (χ4n) is 3.27. The highest BCUT2D eigenvalue weighted by atomic mass is 32.2. The summed E-state index contributed by atoms with van der Waals surface area (Å²) in [6.45, 7) is 3.49. The van der Waals surface area contributed by atoms with Gasteiger partial charge in [0, 0.05) is 24.2 Å². The largest absolute Gasteiger partial charge is 0.573 e. The predicted molar refractivity (Wildman–Crippen MR) is 118 cm³/mol. The van der Waals surface area contributed by atoms with Crippen LogP contribution in [0.2, 0.25) is 0 Å². The van der Waals surface area contributed by atoms with Crippen LogP contribution >= 0.6 is 0 Å². The molecule has 2 aromatic carbocycles. The Morgan fingerprint density at radius 2 is 1.76 bits per heavy atom. The van der Waals surface area contributed by atoms with Gasteiger partial charge in [-0.1, -0.05) is 18.2 Å². The van der Waals surface area contributed by atoms with Gasteiger partial charge < -0.3 is 10.1 Å². The second kappa shape index (κ2) is 10.3. The zero-order valence-electron chi connectivity index (χ0n) is 18.3. The maximum atomic E-state index is 12.3. The van der Waals surface area contributed by atoms with Crippen LogP contribution in [-0.2, 0) is 14.8 Å². The van der Waals surface area contributed by atoms with Crippen LogP contribution in [0.15, 0.2) is 65.7 Å². The average Bonchev–Trinajstić information content (AvgIpc) is 3.15. The van der Waals surface area contributed by atoms with Crippen LogP contribution in [0, 0.1) is 6.92 Å². The summed E-state index contributed by atoms with van der Waals surface area (Å²) < 4.78 is 69.0. The van der Waals surface area contributed by atoms with Gasteiger partial charge in [-0.15, -0.1) is 13.2 Å². The van der Waals surface area contributed by atoms with Crippen molar-refractivity contribution in [3.8, 4) is 11.4 Å². The molecule has 0 aliphatic rings. The highest BCUT2D eigenvalue weighted by Crippen LogP contribution is 2.24. The number of hydrogen-bond donors (Lipinski definition) is 2. The van der Waals surface area contributed by atoms with E-state index in [-0.39, 0.29) is 29.8 Å². The minimum absolute atomic E-state index is 0.134. The van der Waals surface area contributed by atoms with Crippen LogP contribution in [-0.4, -0.2) is 37.0 Å². The Hall–Kier alpha value is -3.38. The first-order chi connectivity index (χ1) is 16.0. The number of halogens is 3. The smallest absolute Gasteiger partial charge is 0.406 e. The monoisotopic (exact) mass is 496 g/mol. The standard InChI is InChI=1S/C22H23F3N4O4S/c1-15(20-14-26-29(16(20)2)17-6-4-3-5-7-17)28-21(30)12-13-27-34(31,32)19-10-8-18(9-11-19)33-22(23,24)25/h3-11,14-15,27H,12-13H2,1-2H3,(H,28,30). The number of benzene rings is 2. The number of para-hydroxylation sites is 1. The Morgan fingerprint density at radius 3 is 2.38 bits per heavy atom. The molecule has 0 saturated carbocycles. The fourth-order valence-corrected chi connectivity index (χ4v) is 4.30. The van der Waals surface area contributed by atoms with E-state index in [4.69, 9.17) is 0 Å². The third kappa shape index (κ3) is 6.58. The van der Waals surface area contributed by atoms with Crippen molar-refractivity contribution >= 4 is 15.9 Å². The molecular weight excluding hydrogens is 473 g/mol. The van der Waals surface area contributed by atoms with Gasteiger partial charge in [-0.05, 0) is 50.2 Å². The molecule has 0 saturated heterocycles. The molecule has 1 aromatic heterocycles. The van der Waals surface area contributed by atoms with Crippen LogP contribution in [0.1, 0.15) is 30.6 Å². The molecule has 0 fully saturated rings. The SMILES string of the molecule is Cc1c(C(C)NC(=O)CCNS(=O)(=O)c2ccc(OC(F)(F)F)cc2)cnn1-c1ccccc1. The average molecular weight is 497 g/mol. The van der Waals surface area contributed by atoms with Crippen molar-refractivity contribution in [1.82, 2.24) is 19.8 Å². The molecule has 182 valence electrons. The number of sulfonamides is 1. The quantitative estimate of drug-likeness (QED) is 0.471. The first-order valence-electron chi connectivity index (χ1n) is 10.2. The Kier molecular flexibility index (Phi) is 7.62. The number of amides is 1. The minimum Gasteiger partial charge on any atom is -0.406 e. The van der Waals surface area contributed by atoms with E-state index in [2.05, 4.69) is 19.9 Å². The number of ether oxygens (including phenoxy) is 1. The van der Waals surface area contributed by atoms with Crippen molar-refractivity contribution in [2.45, 2.75) is 37.6 Å². The Balaban J connectivity index is 1.53. The highest BCUT2D eigenvalue weighted by molar-refractivity contribution is 7.89. The zero-order chi connectivity index (χ0) is 24.9. The molecule has 0 radical (unpaired) electrons. The second-order valence-corrected chi connectivity index (χ2v) is 9.16. The Morgan fingerprint density at radius 1 is 1.12 bits per heavy atom. The summed E-state index contributed by atoms with van der Waals surface area (Å²) in [7, 11) is -4.01. The van der Waals surface area contributed by atoms with E-state index >= 15 is 0 Å². The first kappa shape index (κ1) is 25.2. The van der Waals surface area contributed by atoms with Crippen molar-refractivity contribution < 1.29 is 31.1 Å². The number of carbonyl (C=O) groups excluding carboxylic acids is 1. The Bertz CT molecular complexity index is 1230. The van der Waals surface area contributed by atoms with Gasteiger partial charge >= 0.3 is 6.36 Å². The number of aromatic nitrogens is 2. The maximum Gasteiger partial charge on any atom is 0.573 e. The lowest BCUT2D eigenvalue weighted by molar-refractivity contribution is -0.274. The second-order valence-electron chi connectivity index (χ2n) is 7.39. The molecule has 8 nitrogen and oxygen atoms in total. The highest BCUT2D eigenvalue weighted by Gasteiger charge is 2.31. The van der Waals surface area contributed by atoms with E-state index in [1.165, 1.54) is 0 Å². The lowest BCUT2D eigenvalue weighted by atomic mass is 10.1. The van der Waals surface area contributed by atoms with Gasteiger partial charge in [0.25, 0.3) is 0 Å². The molecule has 34 heavy (non-hydrogen) atoms. The van der Waals surface area contributed by atoms with Gasteiger partial charge in [-0.2, -0.15) is 5.10 Å². The first-order valence-corrected chi connectivity index (χ1v) is 11.7. The molecule has 0 bridgehead atoms.